The van der Waals surface area contributed by atoms with Crippen molar-refractivity contribution in [3.05, 3.63) is 88.5 Å². The molecule has 212 valence electrons. The molecule has 2 atom stereocenters. The van der Waals surface area contributed by atoms with E-state index < -0.39 is 52.9 Å². The highest BCUT2D eigenvalue weighted by atomic mass is 19.4. The van der Waals surface area contributed by atoms with Crippen molar-refractivity contribution < 1.29 is 50.5 Å². The summed E-state index contributed by atoms with van der Waals surface area (Å²) in [4.78, 5) is 24.5. The molecule has 0 aromatic heterocycles. The average Bonchev–Trinajstić information content (AvgIpc) is 3.25. The molecule has 1 saturated carbocycles. The molecule has 0 bridgehead atoms. The van der Waals surface area contributed by atoms with Crippen LogP contribution in [-0.2, 0) is 23.7 Å². The number of Topliss-reactive ketones (excluding diaryl/α,β-unsaturated/α-hetero) is 1. The number of rotatable bonds is 7. The minimum atomic E-state index is -5.00. The van der Waals surface area contributed by atoms with Crippen LogP contribution in [0.15, 0.2) is 60.7 Å². The summed E-state index contributed by atoms with van der Waals surface area (Å²) in [6, 6.07) is 11.6. The summed E-state index contributed by atoms with van der Waals surface area (Å²) in [5.74, 6) is -0.247. The zero-order valence-electron chi connectivity index (χ0n) is 21.3. The zero-order chi connectivity index (χ0) is 29.7. The number of halogens is 6. The van der Waals surface area contributed by atoms with Gasteiger partial charge in [-0.3, -0.25) is 9.59 Å². The number of amides is 1. The fraction of sp³-hybridized carbons (Fsp3) is 0.286. The Bertz CT molecular complexity index is 1450. The summed E-state index contributed by atoms with van der Waals surface area (Å²) in [6.45, 7) is 3.98. The Hall–Kier alpha value is -4.06. The number of carbonyl (C=O) groups excluding carboxylic acids is 2. The van der Waals surface area contributed by atoms with Crippen LogP contribution in [-0.4, -0.2) is 28.0 Å². The molecular formula is C28H23F6NO5. The Balaban J connectivity index is 1.44. The minimum Gasteiger partial charge on any atom is -0.476 e. The maximum Gasteiger partial charge on any atom is 0.416 e. The average molecular weight is 567 g/mol. The third-order valence-corrected chi connectivity index (χ3v) is 6.63. The lowest BCUT2D eigenvalue weighted by atomic mass is 10.0. The molecule has 2 N–H and O–H groups in total. The Morgan fingerprint density at radius 1 is 0.900 bits per heavy atom. The Morgan fingerprint density at radius 2 is 1.48 bits per heavy atom. The van der Waals surface area contributed by atoms with Crippen molar-refractivity contribution >= 4 is 11.7 Å². The monoisotopic (exact) mass is 567 g/mol. The third-order valence-electron chi connectivity index (χ3n) is 6.63. The molecule has 3 aromatic rings. The van der Waals surface area contributed by atoms with Crippen LogP contribution < -0.4 is 14.8 Å². The second-order valence-corrected chi connectivity index (χ2v) is 9.69. The first kappa shape index (κ1) is 28.9. The number of carbonyl (C=O) groups is 2. The quantitative estimate of drug-likeness (QED) is 0.331. The van der Waals surface area contributed by atoms with E-state index >= 15 is 0 Å². The van der Waals surface area contributed by atoms with E-state index in [9.17, 15) is 41.0 Å². The second-order valence-electron chi connectivity index (χ2n) is 9.69. The van der Waals surface area contributed by atoms with Crippen LogP contribution in [0.1, 0.15) is 46.5 Å². The van der Waals surface area contributed by atoms with Crippen molar-refractivity contribution in [3.63, 3.8) is 0 Å². The normalized spacial score (nSPS) is 20.7. The minimum absolute atomic E-state index is 0.0157. The summed E-state index contributed by atoms with van der Waals surface area (Å²) in [5, 5.41) is 12.4. The number of ether oxygens (including phenoxy) is 2. The van der Waals surface area contributed by atoms with Crippen LogP contribution in [0.5, 0.6) is 17.2 Å². The number of nitrogens with one attached hydrogen (secondary N) is 1. The van der Waals surface area contributed by atoms with E-state index in [-0.39, 0.29) is 22.9 Å². The van der Waals surface area contributed by atoms with E-state index in [1.807, 2.05) is 0 Å². The van der Waals surface area contributed by atoms with E-state index in [1.165, 1.54) is 32.0 Å². The Kier molecular flexibility index (Phi) is 7.12. The number of alkyl halides is 6. The molecule has 3 aromatic carbocycles. The smallest absolute Gasteiger partial charge is 0.416 e. The predicted molar refractivity (Wildman–Crippen MR) is 130 cm³/mol. The topological polar surface area (TPSA) is 84.9 Å². The van der Waals surface area contributed by atoms with Gasteiger partial charge in [-0.2, -0.15) is 26.3 Å². The van der Waals surface area contributed by atoms with Gasteiger partial charge in [0, 0.05) is 12.1 Å². The van der Waals surface area contributed by atoms with E-state index in [1.54, 1.807) is 31.2 Å². The number of aryl methyl sites for hydroxylation is 1. The highest BCUT2D eigenvalue weighted by Gasteiger charge is 2.74. The molecule has 1 aliphatic carbocycles. The lowest BCUT2D eigenvalue weighted by Crippen LogP contribution is -2.26. The molecule has 40 heavy (non-hydrogen) atoms. The highest BCUT2D eigenvalue weighted by molar-refractivity contribution is 6.13. The van der Waals surface area contributed by atoms with E-state index in [0.717, 1.165) is 0 Å². The van der Waals surface area contributed by atoms with Gasteiger partial charge in [-0.25, -0.2) is 0 Å². The zero-order valence-corrected chi connectivity index (χ0v) is 21.3. The van der Waals surface area contributed by atoms with E-state index in [4.69, 9.17) is 9.47 Å². The number of hydrogen-bond acceptors (Lipinski definition) is 5. The number of benzene rings is 3. The highest BCUT2D eigenvalue weighted by Crippen LogP contribution is 2.47. The largest absolute Gasteiger partial charge is 0.476 e. The predicted octanol–water partition coefficient (Wildman–Crippen LogP) is 6.23. The summed E-state index contributed by atoms with van der Waals surface area (Å²) >= 11 is 0. The summed E-state index contributed by atoms with van der Waals surface area (Å²) in [6.07, 6.45) is -10.00. The van der Waals surface area contributed by atoms with Gasteiger partial charge >= 0.3 is 12.4 Å². The number of hydrogen-bond donors (Lipinski definition) is 2. The molecule has 0 heterocycles. The first-order valence-electron chi connectivity index (χ1n) is 11.8. The molecule has 1 amide bonds. The van der Waals surface area contributed by atoms with Crippen molar-refractivity contribution in [2.24, 2.45) is 0 Å². The van der Waals surface area contributed by atoms with Crippen molar-refractivity contribution in [2.75, 3.05) is 0 Å². The van der Waals surface area contributed by atoms with Gasteiger partial charge in [0.15, 0.2) is 5.60 Å². The van der Waals surface area contributed by atoms with Gasteiger partial charge in [0.2, 0.25) is 11.4 Å². The van der Waals surface area contributed by atoms with Crippen LogP contribution in [0.25, 0.3) is 0 Å². The Morgan fingerprint density at radius 3 is 2.00 bits per heavy atom. The van der Waals surface area contributed by atoms with Crippen LogP contribution in [0, 0.1) is 6.92 Å². The first-order chi connectivity index (χ1) is 18.4. The standard InChI is InChI=1S/C28H23F6NO5/c1-15-9-21(7-8-22(15)40-26(3)24(37)25(26,2)38)39-20-6-4-5-17(12-20)23(36)35-14-16-10-18(27(29,30)31)13-19(11-16)28(32,33)34/h4-13,38H,14H2,1-3H3,(H,35,36)/t25?,26-/m0/s1. The van der Waals surface area contributed by atoms with Gasteiger partial charge in [-0.05, 0) is 86.5 Å². The maximum atomic E-state index is 13.1. The fourth-order valence-electron chi connectivity index (χ4n) is 4.01. The lowest BCUT2D eigenvalue weighted by molar-refractivity contribution is -0.143. The molecule has 1 aliphatic rings. The number of ketones is 1. The van der Waals surface area contributed by atoms with Crippen LogP contribution >= 0.6 is 0 Å². The van der Waals surface area contributed by atoms with Gasteiger partial charge in [0.1, 0.15) is 17.2 Å². The van der Waals surface area contributed by atoms with Crippen molar-refractivity contribution in [1.82, 2.24) is 5.32 Å². The molecule has 1 fully saturated rings. The molecular weight excluding hydrogens is 544 g/mol. The fourth-order valence-corrected chi connectivity index (χ4v) is 4.01. The molecule has 6 nitrogen and oxygen atoms in total. The molecule has 0 saturated heterocycles. The van der Waals surface area contributed by atoms with Crippen molar-refractivity contribution in [3.8, 4) is 17.2 Å². The first-order valence-corrected chi connectivity index (χ1v) is 11.8. The summed E-state index contributed by atoms with van der Waals surface area (Å²) in [7, 11) is 0. The third kappa shape index (κ3) is 5.76. The molecule has 0 spiro atoms. The molecule has 0 aliphatic heterocycles. The van der Waals surface area contributed by atoms with E-state index in [0.29, 0.717) is 29.2 Å². The van der Waals surface area contributed by atoms with Crippen LogP contribution in [0.4, 0.5) is 26.3 Å². The molecule has 0 radical (unpaired) electrons. The van der Waals surface area contributed by atoms with Crippen molar-refractivity contribution in [1.29, 1.82) is 0 Å². The molecule has 1 unspecified atom stereocenters. The lowest BCUT2D eigenvalue weighted by Gasteiger charge is -2.17. The molecule has 4 rings (SSSR count). The number of aliphatic hydroxyl groups is 1. The van der Waals surface area contributed by atoms with Crippen LogP contribution in [0.2, 0.25) is 0 Å². The maximum absolute atomic E-state index is 13.1. The Labute approximate surface area is 224 Å². The van der Waals surface area contributed by atoms with E-state index in [2.05, 4.69) is 5.32 Å². The molecule has 12 heteroatoms. The van der Waals surface area contributed by atoms with Gasteiger partial charge in [0.05, 0.1) is 11.1 Å². The summed E-state index contributed by atoms with van der Waals surface area (Å²) in [5.41, 5.74) is -5.61. The second kappa shape index (κ2) is 9.84. The SMILES string of the molecule is Cc1cc(Oc2cccc(C(=O)NCc3cc(C(F)(F)F)cc(C(F)(F)F)c3)c2)ccc1O[C@@]1(C)C(=O)C1(C)O. The van der Waals surface area contributed by atoms with Gasteiger partial charge in [-0.15, -0.1) is 0 Å². The van der Waals surface area contributed by atoms with Crippen LogP contribution in [0.3, 0.4) is 0 Å². The van der Waals surface area contributed by atoms with Gasteiger partial charge in [0.25, 0.3) is 5.91 Å². The summed E-state index contributed by atoms with van der Waals surface area (Å²) < 4.78 is 90.0. The van der Waals surface area contributed by atoms with Gasteiger partial charge in [-0.1, -0.05) is 6.07 Å². The van der Waals surface area contributed by atoms with Crippen molar-refractivity contribution in [2.45, 2.75) is 50.9 Å². The van der Waals surface area contributed by atoms with Gasteiger partial charge < -0.3 is 19.9 Å².